The predicted molar refractivity (Wildman–Crippen MR) is 166 cm³/mol. The van der Waals surface area contributed by atoms with E-state index in [2.05, 4.69) is 143 Å². The maximum absolute atomic E-state index is 6.50. The number of para-hydroxylation sites is 1. The Morgan fingerprint density at radius 1 is 0.800 bits per heavy atom. The number of hydrogen-bond donors (Lipinski definition) is 0. The average Bonchev–Trinajstić information content (AvgIpc) is 3.32. The highest BCUT2D eigenvalue weighted by atomic mass is 16.5. The molecule has 204 valence electrons. The maximum Gasteiger partial charge on any atom is 0.137 e. The smallest absolute Gasteiger partial charge is 0.137 e. The summed E-state index contributed by atoms with van der Waals surface area (Å²) in [5, 5.41) is 2.37. The third kappa shape index (κ3) is 4.07. The molecule has 2 aromatic heterocycles. The van der Waals surface area contributed by atoms with Crippen molar-refractivity contribution in [2.24, 2.45) is 0 Å². The van der Waals surface area contributed by atoms with Gasteiger partial charge >= 0.3 is 0 Å². The van der Waals surface area contributed by atoms with Crippen molar-refractivity contribution < 1.29 is 9.31 Å². The summed E-state index contributed by atoms with van der Waals surface area (Å²) in [6.45, 7) is 15.7. The van der Waals surface area contributed by atoms with E-state index < -0.39 is 0 Å². The fourth-order valence-corrected chi connectivity index (χ4v) is 5.55. The van der Waals surface area contributed by atoms with Crippen molar-refractivity contribution in [1.29, 1.82) is 0 Å². The average molecular weight is 531 g/mol. The first kappa shape index (κ1) is 26.1. The predicted octanol–water partition coefficient (Wildman–Crippen LogP) is 8.19. The molecule has 0 unspecified atom stereocenters. The van der Waals surface area contributed by atoms with E-state index in [0.29, 0.717) is 0 Å². The summed E-state index contributed by atoms with van der Waals surface area (Å²) in [5.74, 6) is 2.48. The van der Waals surface area contributed by atoms with Crippen molar-refractivity contribution in [2.45, 2.75) is 65.0 Å². The van der Waals surface area contributed by atoms with Gasteiger partial charge in [0.25, 0.3) is 0 Å². The van der Waals surface area contributed by atoms with Crippen LogP contribution in [0.2, 0.25) is 0 Å². The van der Waals surface area contributed by atoms with E-state index in [9.17, 15) is 0 Å². The number of pyridine rings is 1. The Labute approximate surface area is 237 Å². The lowest BCUT2D eigenvalue weighted by Crippen LogP contribution is -2.54. The minimum atomic E-state index is -0.144. The molecule has 5 aromatic rings. The van der Waals surface area contributed by atoms with E-state index in [1.54, 1.807) is 0 Å². The van der Waals surface area contributed by atoms with Crippen LogP contribution in [0.25, 0.3) is 27.6 Å². The Bertz CT molecular complexity index is 1780. The molecule has 6 rings (SSSR count). The van der Waals surface area contributed by atoms with Crippen LogP contribution < -0.4 is 9.64 Å². The summed E-state index contributed by atoms with van der Waals surface area (Å²) in [6, 6.07) is 27.4. The van der Waals surface area contributed by atoms with Crippen LogP contribution in [0.1, 0.15) is 54.0 Å². The van der Waals surface area contributed by atoms with Crippen LogP contribution >= 0.6 is 0 Å². The number of aromatic nitrogens is 2. The second-order valence-corrected chi connectivity index (χ2v) is 12.9. The van der Waals surface area contributed by atoms with Crippen molar-refractivity contribution in [1.82, 2.24) is 9.55 Å². The van der Waals surface area contributed by atoms with Crippen molar-refractivity contribution in [2.75, 3.05) is 11.9 Å². The van der Waals surface area contributed by atoms with E-state index in [4.69, 9.17) is 9.72 Å². The van der Waals surface area contributed by atoms with Crippen LogP contribution in [0, 0.1) is 0 Å². The second-order valence-electron chi connectivity index (χ2n) is 12.9. The Balaban J connectivity index is 1.43. The lowest BCUT2D eigenvalue weighted by Gasteiger charge is -2.41. The van der Waals surface area contributed by atoms with Gasteiger partial charge in [-0.2, -0.15) is 0 Å². The summed E-state index contributed by atoms with van der Waals surface area (Å²) in [7, 11) is 2.09. The molecular formula is C35H38N4O. The molecule has 0 bridgehead atoms. The van der Waals surface area contributed by atoms with E-state index in [1.807, 2.05) is 18.3 Å². The SMILES string of the molecule is C[N+]1=[C-]N(c2cccc(Oc3ccc4c5ccccc5n(-c5cc(C(C)(C)C)ccn5)c4c3)c2)C(C)(C)C1(C)C. The molecular weight excluding hydrogens is 492 g/mol. The number of hydrogen-bond acceptors (Lipinski definition) is 3. The van der Waals surface area contributed by atoms with Gasteiger partial charge in [0, 0.05) is 23.0 Å². The minimum Gasteiger partial charge on any atom is -0.459 e. The third-order valence-corrected chi connectivity index (χ3v) is 8.94. The molecule has 1 aliphatic heterocycles. The van der Waals surface area contributed by atoms with Gasteiger partial charge in [0.1, 0.15) is 34.7 Å². The fourth-order valence-electron chi connectivity index (χ4n) is 5.55. The van der Waals surface area contributed by atoms with Crippen LogP contribution in [0.4, 0.5) is 5.69 Å². The van der Waals surface area contributed by atoms with Gasteiger partial charge in [-0.3, -0.25) is 4.57 Å². The number of nitrogens with zero attached hydrogens (tertiary/aromatic N) is 4. The third-order valence-electron chi connectivity index (χ3n) is 8.94. The summed E-state index contributed by atoms with van der Waals surface area (Å²) >= 11 is 0. The van der Waals surface area contributed by atoms with Gasteiger partial charge < -0.3 is 14.2 Å². The number of likely N-dealkylation sites (N-methyl/N-ethyl adjacent to an activating group) is 1. The minimum absolute atomic E-state index is 0.0263. The zero-order chi connectivity index (χ0) is 28.4. The van der Waals surface area contributed by atoms with Crippen LogP contribution in [0.15, 0.2) is 85.1 Å². The molecule has 0 amide bonds. The molecule has 1 aliphatic rings. The first-order valence-corrected chi connectivity index (χ1v) is 14.0. The van der Waals surface area contributed by atoms with E-state index >= 15 is 0 Å². The first-order chi connectivity index (χ1) is 18.9. The lowest BCUT2D eigenvalue weighted by atomic mass is 9.82. The van der Waals surface area contributed by atoms with Crippen molar-refractivity contribution in [3.05, 3.63) is 90.6 Å². The highest BCUT2D eigenvalue weighted by Crippen LogP contribution is 2.40. The van der Waals surface area contributed by atoms with Crippen LogP contribution in [0.5, 0.6) is 11.5 Å². The number of fused-ring (bicyclic) bond motifs is 3. The van der Waals surface area contributed by atoms with Gasteiger partial charge in [-0.1, -0.05) is 57.2 Å². The maximum atomic E-state index is 6.50. The highest BCUT2D eigenvalue weighted by molar-refractivity contribution is 6.09. The van der Waals surface area contributed by atoms with Crippen molar-refractivity contribution in [3.8, 4) is 17.3 Å². The quantitative estimate of drug-likeness (QED) is 0.173. The largest absolute Gasteiger partial charge is 0.459 e. The summed E-state index contributed by atoms with van der Waals surface area (Å²) < 4.78 is 10.9. The molecule has 0 N–H and O–H groups in total. The van der Waals surface area contributed by atoms with Gasteiger partial charge in [-0.15, -0.1) is 0 Å². The Hall–Kier alpha value is -4.12. The van der Waals surface area contributed by atoms with Gasteiger partial charge in [0.05, 0.1) is 18.1 Å². The summed E-state index contributed by atoms with van der Waals surface area (Å²) in [5.41, 5.74) is 4.31. The molecule has 0 radical (unpaired) electrons. The van der Waals surface area contributed by atoms with E-state index in [-0.39, 0.29) is 16.5 Å². The topological polar surface area (TPSA) is 33.3 Å². The van der Waals surface area contributed by atoms with Gasteiger partial charge in [-0.25, -0.2) is 4.98 Å². The van der Waals surface area contributed by atoms with Crippen molar-refractivity contribution in [3.63, 3.8) is 0 Å². The first-order valence-electron chi connectivity index (χ1n) is 14.0. The van der Waals surface area contributed by atoms with Gasteiger partial charge in [-0.05, 0) is 80.8 Å². The molecule has 5 nitrogen and oxygen atoms in total. The fraction of sp³-hybridized carbons (Fsp3) is 0.314. The van der Waals surface area contributed by atoms with Crippen LogP contribution in [-0.2, 0) is 5.41 Å². The molecule has 0 atom stereocenters. The Morgan fingerprint density at radius 2 is 1.52 bits per heavy atom. The second kappa shape index (κ2) is 8.95. The Kier molecular flexibility index (Phi) is 5.85. The number of rotatable bonds is 4. The molecule has 3 heterocycles. The number of benzene rings is 3. The van der Waals surface area contributed by atoms with Crippen molar-refractivity contribution >= 4 is 33.8 Å². The van der Waals surface area contributed by atoms with E-state index in [1.165, 1.54) is 16.3 Å². The standard InChI is InChI=1S/C35H38N4O/c1-33(2,3)24-18-19-36-32(20-24)39-30-15-10-9-14-28(30)29-17-16-27(22-31(29)39)40-26-13-11-12-25(21-26)38-23-37(8)34(4,5)35(38,6)7/h9-22H,1-8H3. The zero-order valence-electron chi connectivity index (χ0n) is 24.8. The molecule has 0 spiro atoms. The number of anilines is 1. The van der Waals surface area contributed by atoms with E-state index in [0.717, 1.165) is 34.0 Å². The molecule has 0 saturated heterocycles. The van der Waals surface area contributed by atoms with Crippen LogP contribution in [0.3, 0.4) is 0 Å². The lowest BCUT2D eigenvalue weighted by molar-refractivity contribution is -0.570. The van der Waals surface area contributed by atoms with Gasteiger partial charge in [0.2, 0.25) is 0 Å². The molecule has 0 aliphatic carbocycles. The molecule has 3 aromatic carbocycles. The zero-order valence-corrected chi connectivity index (χ0v) is 24.8. The monoisotopic (exact) mass is 530 g/mol. The normalized spacial score (nSPS) is 16.5. The molecule has 5 heteroatoms. The summed E-state index contributed by atoms with van der Waals surface area (Å²) in [6.07, 6.45) is 5.43. The number of ether oxygens (including phenoxy) is 1. The highest BCUT2D eigenvalue weighted by Gasteiger charge is 2.49. The molecule has 40 heavy (non-hydrogen) atoms. The molecule has 0 fully saturated rings. The molecule has 0 saturated carbocycles. The van der Waals surface area contributed by atoms with Crippen LogP contribution in [-0.4, -0.2) is 38.6 Å². The Morgan fingerprint density at radius 3 is 2.25 bits per heavy atom. The van der Waals surface area contributed by atoms with Gasteiger partial charge in [0.15, 0.2) is 0 Å². The summed E-state index contributed by atoms with van der Waals surface area (Å²) in [4.78, 5) is 7.02.